The van der Waals surface area contributed by atoms with Crippen LogP contribution in [-0.2, 0) is 4.79 Å². The summed E-state index contributed by atoms with van der Waals surface area (Å²) >= 11 is 14.3. The number of halogens is 3. The molecule has 20 heavy (non-hydrogen) atoms. The predicted octanol–water partition coefficient (Wildman–Crippen LogP) is 4.50. The molecule has 0 aliphatic heterocycles. The zero-order chi connectivity index (χ0) is 14.3. The van der Waals surface area contributed by atoms with Gasteiger partial charge < -0.3 is 4.74 Å². The van der Waals surface area contributed by atoms with Crippen LogP contribution in [0.4, 0.5) is 0 Å². The molecule has 0 bridgehead atoms. The number of ketones is 1. The first kappa shape index (κ1) is 14.4. The third kappa shape index (κ3) is 2.87. The number of fused-ring (bicyclic) bond motifs is 1. The molecule has 3 rings (SSSR count). The van der Waals surface area contributed by atoms with Gasteiger partial charge in [0.1, 0.15) is 17.3 Å². The van der Waals surface area contributed by atoms with E-state index in [1.54, 1.807) is 18.2 Å². The monoisotopic (exact) mass is 421 g/mol. The summed E-state index contributed by atoms with van der Waals surface area (Å²) in [4.78, 5) is 16.0. The molecule has 1 saturated carbocycles. The second-order valence-electron chi connectivity index (χ2n) is 4.73. The van der Waals surface area contributed by atoms with Gasteiger partial charge in [-0.2, -0.15) is 0 Å². The molecule has 1 aliphatic carbocycles. The number of Topliss-reactive ketones (excluding diaryl/α,β-unsaturated/α-hetero) is 1. The van der Waals surface area contributed by atoms with Gasteiger partial charge in [0.2, 0.25) is 0 Å². The largest absolute Gasteiger partial charge is 0.482 e. The highest BCUT2D eigenvalue weighted by Gasteiger charge is 2.30. The zero-order valence-electron chi connectivity index (χ0n) is 10.3. The second kappa shape index (κ2) is 5.66. The van der Waals surface area contributed by atoms with E-state index in [4.69, 9.17) is 27.9 Å². The maximum atomic E-state index is 11.8. The van der Waals surface area contributed by atoms with Gasteiger partial charge in [-0.25, -0.2) is 4.98 Å². The summed E-state index contributed by atoms with van der Waals surface area (Å²) in [6.07, 6.45) is 1.95. The third-order valence-corrected chi connectivity index (χ3v) is 4.52. The molecule has 1 aromatic carbocycles. The Morgan fingerprint density at radius 2 is 2.15 bits per heavy atom. The fraction of sp³-hybridized carbons (Fsp3) is 0.286. The summed E-state index contributed by atoms with van der Waals surface area (Å²) in [5, 5.41) is 1.73. The molecule has 0 N–H and O–H groups in total. The number of carbonyl (C=O) groups is 1. The Labute approximate surface area is 139 Å². The summed E-state index contributed by atoms with van der Waals surface area (Å²) in [6.45, 7) is 0.0750. The fourth-order valence-corrected chi connectivity index (χ4v) is 3.29. The SMILES string of the molecule is O=C(COc1c(I)cc(Cl)c2ccc(Cl)nc12)C1CC1. The molecule has 1 aliphatic rings. The molecular formula is C14H10Cl2INO2. The number of pyridine rings is 1. The average molecular weight is 422 g/mol. The Hall–Kier alpha value is -0.590. The van der Waals surface area contributed by atoms with Crippen LogP contribution in [-0.4, -0.2) is 17.4 Å². The highest BCUT2D eigenvalue weighted by atomic mass is 127. The third-order valence-electron chi connectivity index (χ3n) is 3.20. The molecule has 104 valence electrons. The van der Waals surface area contributed by atoms with Crippen LogP contribution in [0.15, 0.2) is 18.2 Å². The van der Waals surface area contributed by atoms with Gasteiger partial charge in [-0.05, 0) is 53.6 Å². The molecule has 1 fully saturated rings. The van der Waals surface area contributed by atoms with Gasteiger partial charge in [0, 0.05) is 11.3 Å². The quantitative estimate of drug-likeness (QED) is 0.538. The van der Waals surface area contributed by atoms with Crippen LogP contribution in [0.1, 0.15) is 12.8 Å². The molecule has 6 heteroatoms. The Kier molecular flexibility index (Phi) is 4.06. The van der Waals surface area contributed by atoms with Gasteiger partial charge in [-0.3, -0.25) is 4.79 Å². The van der Waals surface area contributed by atoms with Gasteiger partial charge in [0.25, 0.3) is 0 Å². The standard InChI is InChI=1S/C14H10Cl2INO2/c15-9-5-10(17)14(20-6-11(19)7-1-2-7)13-8(9)3-4-12(16)18-13/h3-5,7H,1-2,6H2. The minimum atomic E-state index is 0.0750. The first-order chi connectivity index (χ1) is 9.56. The van der Waals surface area contributed by atoms with E-state index in [9.17, 15) is 4.79 Å². The van der Waals surface area contributed by atoms with E-state index in [0.29, 0.717) is 21.4 Å². The van der Waals surface area contributed by atoms with Gasteiger partial charge in [-0.15, -0.1) is 0 Å². The maximum Gasteiger partial charge on any atom is 0.173 e. The number of rotatable bonds is 4. The summed E-state index contributed by atoms with van der Waals surface area (Å²) in [7, 11) is 0. The first-order valence-corrected chi connectivity index (χ1v) is 7.99. The van der Waals surface area contributed by atoms with E-state index in [0.717, 1.165) is 21.8 Å². The number of carbonyl (C=O) groups excluding carboxylic acids is 1. The van der Waals surface area contributed by atoms with Crippen molar-refractivity contribution in [3.8, 4) is 5.75 Å². The number of nitrogens with zero attached hydrogens (tertiary/aromatic N) is 1. The van der Waals surface area contributed by atoms with Crippen molar-refractivity contribution in [1.29, 1.82) is 0 Å². The number of aromatic nitrogens is 1. The van der Waals surface area contributed by atoms with Crippen LogP contribution in [0.5, 0.6) is 5.75 Å². The molecule has 3 nitrogen and oxygen atoms in total. The van der Waals surface area contributed by atoms with Crippen molar-refractivity contribution >= 4 is 62.5 Å². The van der Waals surface area contributed by atoms with E-state index in [1.165, 1.54) is 0 Å². The van der Waals surface area contributed by atoms with Gasteiger partial charge in [-0.1, -0.05) is 23.2 Å². The van der Waals surface area contributed by atoms with Gasteiger partial charge in [0.15, 0.2) is 11.5 Å². The van der Waals surface area contributed by atoms with Crippen LogP contribution in [0, 0.1) is 9.49 Å². The molecule has 0 saturated heterocycles. The van der Waals surface area contributed by atoms with Crippen molar-refractivity contribution in [2.75, 3.05) is 6.61 Å². The van der Waals surface area contributed by atoms with E-state index in [-0.39, 0.29) is 18.3 Å². The molecule has 1 heterocycles. The van der Waals surface area contributed by atoms with Crippen molar-refractivity contribution in [3.63, 3.8) is 0 Å². The van der Waals surface area contributed by atoms with E-state index in [2.05, 4.69) is 27.6 Å². The fourth-order valence-electron chi connectivity index (χ4n) is 1.97. The molecule has 0 spiro atoms. The lowest BCUT2D eigenvalue weighted by atomic mass is 10.2. The molecule has 0 radical (unpaired) electrons. The zero-order valence-corrected chi connectivity index (χ0v) is 14.0. The highest BCUT2D eigenvalue weighted by Crippen LogP contribution is 2.36. The van der Waals surface area contributed by atoms with Gasteiger partial charge >= 0.3 is 0 Å². The Morgan fingerprint density at radius 3 is 2.85 bits per heavy atom. The van der Waals surface area contributed by atoms with Crippen LogP contribution in [0.2, 0.25) is 10.2 Å². The van der Waals surface area contributed by atoms with E-state index >= 15 is 0 Å². The second-order valence-corrected chi connectivity index (χ2v) is 6.69. The van der Waals surface area contributed by atoms with E-state index in [1.807, 2.05) is 0 Å². The summed E-state index contributed by atoms with van der Waals surface area (Å²) in [5.74, 6) is 0.898. The smallest absolute Gasteiger partial charge is 0.173 e. The normalized spacial score (nSPS) is 14.6. The Morgan fingerprint density at radius 1 is 1.40 bits per heavy atom. The van der Waals surface area contributed by atoms with Crippen molar-refractivity contribution in [2.45, 2.75) is 12.8 Å². The lowest BCUT2D eigenvalue weighted by Crippen LogP contribution is -2.13. The first-order valence-electron chi connectivity index (χ1n) is 6.16. The minimum Gasteiger partial charge on any atom is -0.482 e. The number of ether oxygens (including phenoxy) is 1. The van der Waals surface area contributed by atoms with Crippen LogP contribution in [0.3, 0.4) is 0 Å². The summed E-state index contributed by atoms with van der Waals surface area (Å²) in [5.41, 5.74) is 0.595. The van der Waals surface area contributed by atoms with Crippen LogP contribution in [0.25, 0.3) is 10.9 Å². The minimum absolute atomic E-state index is 0.0750. The van der Waals surface area contributed by atoms with E-state index < -0.39 is 0 Å². The van der Waals surface area contributed by atoms with Crippen molar-refractivity contribution in [3.05, 3.63) is 31.9 Å². The maximum absolute atomic E-state index is 11.8. The molecule has 1 aromatic heterocycles. The van der Waals surface area contributed by atoms with Crippen molar-refractivity contribution < 1.29 is 9.53 Å². The predicted molar refractivity (Wildman–Crippen MR) is 87.7 cm³/mol. The Balaban J connectivity index is 1.99. The Bertz CT molecular complexity index is 701. The van der Waals surface area contributed by atoms with Gasteiger partial charge in [0.05, 0.1) is 8.59 Å². The average Bonchev–Trinajstić information content (AvgIpc) is 3.22. The molecule has 2 aromatic rings. The summed E-state index contributed by atoms with van der Waals surface area (Å²) in [6, 6.07) is 5.29. The number of hydrogen-bond donors (Lipinski definition) is 0. The lowest BCUT2D eigenvalue weighted by Gasteiger charge is -2.11. The molecule has 0 amide bonds. The molecule has 0 atom stereocenters. The van der Waals surface area contributed by atoms with Crippen molar-refractivity contribution in [1.82, 2.24) is 4.98 Å². The van der Waals surface area contributed by atoms with Crippen molar-refractivity contribution in [2.24, 2.45) is 5.92 Å². The van der Waals surface area contributed by atoms with Crippen LogP contribution >= 0.6 is 45.8 Å². The topological polar surface area (TPSA) is 39.2 Å². The summed E-state index contributed by atoms with van der Waals surface area (Å²) < 4.78 is 6.50. The number of benzene rings is 1. The molecular weight excluding hydrogens is 412 g/mol. The lowest BCUT2D eigenvalue weighted by molar-refractivity contribution is -0.122. The highest BCUT2D eigenvalue weighted by molar-refractivity contribution is 14.1. The molecule has 0 unspecified atom stereocenters. The number of hydrogen-bond acceptors (Lipinski definition) is 3. The van der Waals surface area contributed by atoms with Crippen LogP contribution < -0.4 is 4.74 Å².